The van der Waals surface area contributed by atoms with Crippen LogP contribution in [0.25, 0.3) is 0 Å². The van der Waals surface area contributed by atoms with E-state index in [0.717, 1.165) is 16.7 Å². The summed E-state index contributed by atoms with van der Waals surface area (Å²) in [4.78, 5) is 0. The van der Waals surface area contributed by atoms with Crippen LogP contribution in [-0.4, -0.2) is 7.11 Å². The fourth-order valence-corrected chi connectivity index (χ4v) is 5.29. The molecule has 1 fully saturated rings. The van der Waals surface area contributed by atoms with Gasteiger partial charge in [0.05, 0.1) is 0 Å². The maximum absolute atomic E-state index is 6.69. The molecule has 1 nitrogen and oxygen atoms in total. The second-order valence-electron chi connectivity index (χ2n) is 8.40. The van der Waals surface area contributed by atoms with Gasteiger partial charge >= 0.3 is 0 Å². The molecule has 0 spiro atoms. The monoisotopic (exact) mass is 418 g/mol. The molecule has 3 aromatic carbocycles. The minimum Gasteiger partial charge on any atom is -0.364 e. The number of hydrogen-bond acceptors (Lipinski definition) is 1. The van der Waals surface area contributed by atoms with Gasteiger partial charge in [-0.2, -0.15) is 0 Å². The Morgan fingerprint density at radius 2 is 1.27 bits per heavy atom. The maximum atomic E-state index is 6.69. The molecule has 30 heavy (non-hydrogen) atoms. The molecule has 1 saturated carbocycles. The first-order chi connectivity index (χ1) is 14.8. The molecule has 0 amide bonds. The molecule has 4 rings (SSSR count). The van der Waals surface area contributed by atoms with Crippen molar-refractivity contribution < 1.29 is 4.74 Å². The minimum absolute atomic E-state index is 0.674. The predicted octanol–water partition coefficient (Wildman–Crippen LogP) is 8.11. The lowest BCUT2D eigenvalue weighted by atomic mass is 9.78. The predicted molar refractivity (Wildman–Crippen MR) is 126 cm³/mol. The highest BCUT2D eigenvalue weighted by molar-refractivity contribution is 6.31. The molecule has 1 unspecified atom stereocenters. The van der Waals surface area contributed by atoms with E-state index in [2.05, 4.69) is 54.6 Å². The molecular weight excluding hydrogens is 388 g/mol. The normalized spacial score (nSPS) is 17.7. The van der Waals surface area contributed by atoms with Crippen LogP contribution in [0.5, 0.6) is 0 Å². The summed E-state index contributed by atoms with van der Waals surface area (Å²) in [5.74, 6) is 0.674. The highest BCUT2D eigenvalue weighted by Gasteiger charge is 2.38. The lowest BCUT2D eigenvalue weighted by molar-refractivity contribution is 0.0586. The van der Waals surface area contributed by atoms with Crippen molar-refractivity contribution in [2.75, 3.05) is 7.11 Å². The van der Waals surface area contributed by atoms with Crippen LogP contribution in [-0.2, 0) is 10.3 Å². The van der Waals surface area contributed by atoms with Crippen LogP contribution < -0.4 is 0 Å². The number of benzene rings is 3. The van der Waals surface area contributed by atoms with Crippen LogP contribution in [0.2, 0.25) is 5.02 Å². The SMILES string of the molecule is COC(c1ccccc1)(c1ccc(C2CCCCCCC2)cc1)c1ccccc1Cl. The van der Waals surface area contributed by atoms with Crippen LogP contribution >= 0.6 is 11.6 Å². The molecule has 156 valence electrons. The number of rotatable bonds is 5. The first kappa shape index (κ1) is 21.2. The van der Waals surface area contributed by atoms with Gasteiger partial charge in [0.1, 0.15) is 5.60 Å². The molecular formula is C28H31ClO. The quantitative estimate of drug-likeness (QED) is 0.380. The summed E-state index contributed by atoms with van der Waals surface area (Å²) in [5.41, 5.74) is 3.88. The number of ether oxygens (including phenoxy) is 1. The van der Waals surface area contributed by atoms with Crippen molar-refractivity contribution in [1.29, 1.82) is 0 Å². The van der Waals surface area contributed by atoms with Crippen molar-refractivity contribution in [3.05, 3.63) is 106 Å². The average molecular weight is 419 g/mol. The molecule has 0 bridgehead atoms. The molecule has 0 radical (unpaired) electrons. The summed E-state index contributed by atoms with van der Waals surface area (Å²) in [7, 11) is 1.78. The molecule has 0 saturated heterocycles. The van der Waals surface area contributed by atoms with Crippen LogP contribution in [0.15, 0.2) is 78.9 Å². The average Bonchev–Trinajstić information content (AvgIpc) is 2.77. The van der Waals surface area contributed by atoms with E-state index >= 15 is 0 Å². The third kappa shape index (κ3) is 4.19. The summed E-state index contributed by atoms with van der Waals surface area (Å²) in [6.07, 6.45) is 9.45. The second kappa shape index (κ2) is 9.81. The Morgan fingerprint density at radius 1 is 0.700 bits per heavy atom. The van der Waals surface area contributed by atoms with E-state index in [1.807, 2.05) is 24.3 Å². The van der Waals surface area contributed by atoms with E-state index in [0.29, 0.717) is 10.9 Å². The van der Waals surface area contributed by atoms with Crippen molar-refractivity contribution in [3.8, 4) is 0 Å². The Balaban J connectivity index is 1.77. The summed E-state index contributed by atoms with van der Waals surface area (Å²) in [6.45, 7) is 0. The zero-order chi connectivity index (χ0) is 20.8. The summed E-state index contributed by atoms with van der Waals surface area (Å²) >= 11 is 6.69. The Labute approximate surface area is 186 Å². The molecule has 1 atom stereocenters. The topological polar surface area (TPSA) is 9.23 Å². The smallest absolute Gasteiger partial charge is 0.144 e. The van der Waals surface area contributed by atoms with Crippen LogP contribution in [0, 0.1) is 0 Å². The fourth-order valence-electron chi connectivity index (χ4n) is 5.02. The standard InChI is InChI=1S/C28H31ClO/c1-30-28(24-14-8-5-9-15-24,26-16-10-11-17-27(26)29)25-20-18-23(19-21-25)22-12-6-3-2-4-7-13-22/h5,8-11,14-22H,2-4,6-7,12-13H2,1H3. The van der Waals surface area contributed by atoms with Crippen LogP contribution in [0.4, 0.5) is 0 Å². The highest BCUT2D eigenvalue weighted by atomic mass is 35.5. The third-order valence-electron chi connectivity index (χ3n) is 6.63. The molecule has 0 aliphatic heterocycles. The van der Waals surface area contributed by atoms with Gasteiger partial charge in [-0.3, -0.25) is 0 Å². The summed E-state index contributed by atoms with van der Waals surface area (Å²) < 4.78 is 6.31. The van der Waals surface area contributed by atoms with Gasteiger partial charge in [0, 0.05) is 17.7 Å². The lowest BCUT2D eigenvalue weighted by Gasteiger charge is -2.35. The van der Waals surface area contributed by atoms with Crippen molar-refractivity contribution >= 4 is 11.6 Å². The largest absolute Gasteiger partial charge is 0.364 e. The number of methoxy groups -OCH3 is 1. The van der Waals surface area contributed by atoms with E-state index in [1.165, 1.54) is 50.5 Å². The lowest BCUT2D eigenvalue weighted by Crippen LogP contribution is -2.32. The number of hydrogen-bond donors (Lipinski definition) is 0. The molecule has 2 heteroatoms. The molecule has 0 heterocycles. The third-order valence-corrected chi connectivity index (χ3v) is 6.96. The maximum Gasteiger partial charge on any atom is 0.144 e. The van der Waals surface area contributed by atoms with Gasteiger partial charge < -0.3 is 4.74 Å². The fraction of sp³-hybridized carbons (Fsp3) is 0.357. The zero-order valence-corrected chi connectivity index (χ0v) is 18.6. The van der Waals surface area contributed by atoms with Gasteiger partial charge in [-0.1, -0.05) is 117 Å². The van der Waals surface area contributed by atoms with Gasteiger partial charge in [0.2, 0.25) is 0 Å². The number of halogens is 1. The zero-order valence-electron chi connectivity index (χ0n) is 17.8. The molecule has 1 aliphatic carbocycles. The second-order valence-corrected chi connectivity index (χ2v) is 8.80. The van der Waals surface area contributed by atoms with Crippen molar-refractivity contribution in [2.24, 2.45) is 0 Å². The Morgan fingerprint density at radius 3 is 1.90 bits per heavy atom. The Kier molecular flexibility index (Phi) is 6.92. The molecule has 0 N–H and O–H groups in total. The molecule has 0 aromatic heterocycles. The first-order valence-electron chi connectivity index (χ1n) is 11.2. The summed E-state index contributed by atoms with van der Waals surface area (Å²) in [6, 6.07) is 27.5. The summed E-state index contributed by atoms with van der Waals surface area (Å²) in [5, 5.41) is 0.715. The van der Waals surface area contributed by atoms with E-state index in [4.69, 9.17) is 16.3 Å². The molecule has 3 aromatic rings. The van der Waals surface area contributed by atoms with Gasteiger partial charge in [0.25, 0.3) is 0 Å². The van der Waals surface area contributed by atoms with Crippen LogP contribution in [0.3, 0.4) is 0 Å². The van der Waals surface area contributed by atoms with E-state index in [1.54, 1.807) is 7.11 Å². The van der Waals surface area contributed by atoms with Gasteiger partial charge in [0.15, 0.2) is 0 Å². The van der Waals surface area contributed by atoms with E-state index in [-0.39, 0.29) is 0 Å². The van der Waals surface area contributed by atoms with Gasteiger partial charge in [-0.05, 0) is 41.5 Å². The Bertz CT molecular complexity index is 926. The van der Waals surface area contributed by atoms with Crippen molar-refractivity contribution in [3.63, 3.8) is 0 Å². The van der Waals surface area contributed by atoms with Crippen molar-refractivity contribution in [2.45, 2.75) is 56.5 Å². The van der Waals surface area contributed by atoms with Crippen LogP contribution in [0.1, 0.15) is 73.1 Å². The van der Waals surface area contributed by atoms with E-state index in [9.17, 15) is 0 Å². The van der Waals surface area contributed by atoms with Gasteiger partial charge in [-0.15, -0.1) is 0 Å². The highest BCUT2D eigenvalue weighted by Crippen LogP contribution is 2.43. The Hall–Kier alpha value is -2.09. The van der Waals surface area contributed by atoms with Crippen molar-refractivity contribution in [1.82, 2.24) is 0 Å². The molecule has 1 aliphatic rings. The van der Waals surface area contributed by atoms with E-state index < -0.39 is 5.60 Å². The first-order valence-corrected chi connectivity index (χ1v) is 11.6. The van der Waals surface area contributed by atoms with Gasteiger partial charge in [-0.25, -0.2) is 0 Å². The minimum atomic E-state index is -0.737.